The Morgan fingerprint density at radius 3 is 2.52 bits per heavy atom. The lowest BCUT2D eigenvalue weighted by atomic mass is 9.93. The molecule has 1 amide bonds. The summed E-state index contributed by atoms with van der Waals surface area (Å²) < 4.78 is 49.3. The van der Waals surface area contributed by atoms with E-state index in [1.165, 1.54) is 12.1 Å². The van der Waals surface area contributed by atoms with Crippen LogP contribution in [0.4, 0.5) is 18.9 Å². The molecule has 2 aromatic rings. The summed E-state index contributed by atoms with van der Waals surface area (Å²) in [4.78, 5) is 14.4. The third-order valence-electron chi connectivity index (χ3n) is 5.13. The number of methoxy groups -OCH3 is 2. The van der Waals surface area contributed by atoms with E-state index in [9.17, 15) is 18.0 Å². The molecule has 0 aliphatic carbocycles. The fourth-order valence-electron chi connectivity index (χ4n) is 3.57. The fraction of sp³-hybridized carbons (Fsp3) is 0.381. The smallest absolute Gasteiger partial charge is 0.416 e. The zero-order chi connectivity index (χ0) is 21.2. The number of nitrogens with one attached hydrogen (secondary N) is 1. The van der Waals surface area contributed by atoms with Gasteiger partial charge >= 0.3 is 6.18 Å². The number of carbonyl (C=O) groups is 1. The van der Waals surface area contributed by atoms with Gasteiger partial charge in [0.2, 0.25) is 5.91 Å². The minimum absolute atomic E-state index is 0.0502. The van der Waals surface area contributed by atoms with Gasteiger partial charge in [0.15, 0.2) is 11.5 Å². The number of rotatable bonds is 5. The number of ether oxygens (including phenoxy) is 2. The molecule has 0 fully saturated rings. The van der Waals surface area contributed by atoms with Crippen molar-refractivity contribution in [3.63, 3.8) is 0 Å². The quantitative estimate of drug-likeness (QED) is 0.802. The van der Waals surface area contributed by atoms with Crippen LogP contribution in [0, 0.1) is 0 Å². The molecule has 8 heteroatoms. The third-order valence-corrected chi connectivity index (χ3v) is 5.13. The van der Waals surface area contributed by atoms with E-state index in [0.29, 0.717) is 18.0 Å². The van der Waals surface area contributed by atoms with Crippen LogP contribution in [0.2, 0.25) is 0 Å². The number of hydrogen-bond acceptors (Lipinski definition) is 4. The van der Waals surface area contributed by atoms with Crippen LogP contribution in [0.3, 0.4) is 0 Å². The van der Waals surface area contributed by atoms with Gasteiger partial charge in [-0.25, -0.2) is 0 Å². The minimum atomic E-state index is -4.45. The van der Waals surface area contributed by atoms with E-state index in [0.717, 1.165) is 29.7 Å². The summed E-state index contributed by atoms with van der Waals surface area (Å²) >= 11 is 0. The maximum atomic E-state index is 12.8. The van der Waals surface area contributed by atoms with Crippen LogP contribution < -0.4 is 14.8 Å². The Morgan fingerprint density at radius 2 is 1.86 bits per heavy atom. The summed E-state index contributed by atoms with van der Waals surface area (Å²) in [5.41, 5.74) is 1.50. The topological polar surface area (TPSA) is 50.8 Å². The van der Waals surface area contributed by atoms with Crippen LogP contribution in [-0.2, 0) is 17.4 Å². The lowest BCUT2D eigenvalue weighted by molar-refractivity contribution is -0.137. The number of anilines is 1. The number of amides is 1. The SMILES string of the molecule is COc1cc2c(cc1OC)[C@@H](C)N(CC(=O)Nc1cccc(C(F)(F)F)c1)CC2. The van der Waals surface area contributed by atoms with Gasteiger partial charge in [-0.2, -0.15) is 13.2 Å². The Morgan fingerprint density at radius 1 is 1.17 bits per heavy atom. The van der Waals surface area contributed by atoms with Crippen molar-refractivity contribution in [2.75, 3.05) is 32.6 Å². The molecular weight excluding hydrogens is 385 g/mol. The van der Waals surface area contributed by atoms with Crippen LogP contribution in [0.1, 0.15) is 29.7 Å². The highest BCUT2D eigenvalue weighted by Crippen LogP contribution is 2.37. The van der Waals surface area contributed by atoms with Crippen molar-refractivity contribution in [1.82, 2.24) is 4.90 Å². The number of benzene rings is 2. The molecule has 2 aromatic carbocycles. The number of nitrogens with zero attached hydrogens (tertiary/aromatic N) is 1. The lowest BCUT2D eigenvalue weighted by Crippen LogP contribution is -2.39. The van der Waals surface area contributed by atoms with Gasteiger partial charge < -0.3 is 14.8 Å². The van der Waals surface area contributed by atoms with Crippen LogP contribution >= 0.6 is 0 Å². The third kappa shape index (κ3) is 4.64. The number of alkyl halides is 3. The maximum absolute atomic E-state index is 12.8. The first kappa shape index (κ1) is 21.0. The summed E-state index contributed by atoms with van der Waals surface area (Å²) in [5, 5.41) is 2.56. The van der Waals surface area contributed by atoms with Gasteiger partial charge in [-0.05, 0) is 54.8 Å². The number of hydrogen-bond donors (Lipinski definition) is 1. The molecule has 1 aliphatic rings. The lowest BCUT2D eigenvalue weighted by Gasteiger charge is -2.35. The van der Waals surface area contributed by atoms with E-state index in [-0.39, 0.29) is 24.2 Å². The second-order valence-electron chi connectivity index (χ2n) is 6.93. The Balaban J connectivity index is 1.71. The van der Waals surface area contributed by atoms with E-state index < -0.39 is 11.7 Å². The Labute approximate surface area is 167 Å². The second-order valence-corrected chi connectivity index (χ2v) is 6.93. The highest BCUT2D eigenvalue weighted by Gasteiger charge is 2.31. The van der Waals surface area contributed by atoms with Crippen molar-refractivity contribution >= 4 is 11.6 Å². The number of fused-ring (bicyclic) bond motifs is 1. The molecule has 0 saturated heterocycles. The summed E-state index contributed by atoms with van der Waals surface area (Å²) in [6, 6.07) is 8.44. The molecule has 5 nitrogen and oxygen atoms in total. The summed E-state index contributed by atoms with van der Waals surface area (Å²) in [6.45, 7) is 2.71. The predicted octanol–water partition coefficient (Wildman–Crippen LogP) is 4.28. The van der Waals surface area contributed by atoms with Gasteiger partial charge in [-0.3, -0.25) is 9.69 Å². The van der Waals surface area contributed by atoms with E-state index in [2.05, 4.69) is 5.32 Å². The Hall–Kier alpha value is -2.74. The van der Waals surface area contributed by atoms with Gasteiger partial charge in [-0.15, -0.1) is 0 Å². The molecular formula is C21H23F3N2O3. The van der Waals surface area contributed by atoms with Crippen molar-refractivity contribution in [2.45, 2.75) is 25.6 Å². The highest BCUT2D eigenvalue weighted by molar-refractivity contribution is 5.92. The molecule has 0 radical (unpaired) electrons. The molecule has 1 atom stereocenters. The summed E-state index contributed by atoms with van der Waals surface area (Å²) in [5.74, 6) is 0.919. The minimum Gasteiger partial charge on any atom is -0.493 e. The average molecular weight is 408 g/mol. The Kier molecular flexibility index (Phi) is 6.02. The van der Waals surface area contributed by atoms with Gasteiger partial charge in [0, 0.05) is 18.3 Å². The zero-order valence-corrected chi connectivity index (χ0v) is 16.5. The first-order chi connectivity index (χ1) is 13.7. The van der Waals surface area contributed by atoms with Crippen molar-refractivity contribution in [1.29, 1.82) is 0 Å². The number of halogens is 3. The van der Waals surface area contributed by atoms with E-state index >= 15 is 0 Å². The summed E-state index contributed by atoms with van der Waals surface area (Å²) in [6.07, 6.45) is -3.72. The molecule has 29 heavy (non-hydrogen) atoms. The standard InChI is InChI=1S/C21H23F3N2O3/c1-13-17-11-19(29-3)18(28-2)9-14(17)7-8-26(13)12-20(27)25-16-6-4-5-15(10-16)21(22,23)24/h4-6,9-11,13H,7-8,12H2,1-3H3,(H,25,27)/t13-/m1/s1. The second kappa shape index (κ2) is 8.32. The molecule has 0 bridgehead atoms. The van der Waals surface area contributed by atoms with Gasteiger partial charge in [0.05, 0.1) is 26.3 Å². The predicted molar refractivity (Wildman–Crippen MR) is 103 cm³/mol. The summed E-state index contributed by atoms with van der Waals surface area (Å²) in [7, 11) is 3.15. The van der Waals surface area contributed by atoms with Crippen molar-refractivity contribution in [2.24, 2.45) is 0 Å². The van der Waals surface area contributed by atoms with Crippen LogP contribution in [0.25, 0.3) is 0 Å². The normalized spacial score (nSPS) is 16.8. The Bertz CT molecular complexity index is 899. The van der Waals surface area contributed by atoms with Crippen LogP contribution in [0.15, 0.2) is 36.4 Å². The van der Waals surface area contributed by atoms with E-state index in [1.54, 1.807) is 14.2 Å². The molecule has 0 spiro atoms. The molecule has 1 N–H and O–H groups in total. The molecule has 0 aromatic heterocycles. The molecule has 0 unspecified atom stereocenters. The largest absolute Gasteiger partial charge is 0.493 e. The van der Waals surface area contributed by atoms with Crippen molar-refractivity contribution in [3.05, 3.63) is 53.1 Å². The molecule has 156 valence electrons. The van der Waals surface area contributed by atoms with E-state index in [1.807, 2.05) is 24.0 Å². The van der Waals surface area contributed by atoms with E-state index in [4.69, 9.17) is 9.47 Å². The highest BCUT2D eigenvalue weighted by atomic mass is 19.4. The first-order valence-corrected chi connectivity index (χ1v) is 9.19. The monoisotopic (exact) mass is 408 g/mol. The van der Waals surface area contributed by atoms with Gasteiger partial charge in [0.25, 0.3) is 0 Å². The zero-order valence-electron chi connectivity index (χ0n) is 16.5. The molecule has 3 rings (SSSR count). The molecule has 1 heterocycles. The fourth-order valence-corrected chi connectivity index (χ4v) is 3.57. The van der Waals surface area contributed by atoms with Gasteiger partial charge in [0.1, 0.15) is 0 Å². The van der Waals surface area contributed by atoms with Crippen LogP contribution in [0.5, 0.6) is 11.5 Å². The number of carbonyl (C=O) groups excluding carboxylic acids is 1. The van der Waals surface area contributed by atoms with Gasteiger partial charge in [-0.1, -0.05) is 6.07 Å². The molecule has 0 saturated carbocycles. The van der Waals surface area contributed by atoms with Crippen molar-refractivity contribution in [3.8, 4) is 11.5 Å². The van der Waals surface area contributed by atoms with Crippen LogP contribution in [-0.4, -0.2) is 38.1 Å². The first-order valence-electron chi connectivity index (χ1n) is 9.19. The van der Waals surface area contributed by atoms with Crippen molar-refractivity contribution < 1.29 is 27.4 Å². The molecule has 1 aliphatic heterocycles. The average Bonchev–Trinajstić information content (AvgIpc) is 2.68. The maximum Gasteiger partial charge on any atom is 0.416 e.